The molecular weight excluding hydrogens is 168 g/mol. The molecule has 2 aliphatic heterocycles. The lowest BCUT2D eigenvalue weighted by Gasteiger charge is -2.32. The van der Waals surface area contributed by atoms with Crippen molar-refractivity contribution < 1.29 is 14.2 Å². The van der Waals surface area contributed by atoms with E-state index in [1.165, 1.54) is 6.42 Å². The van der Waals surface area contributed by atoms with Crippen LogP contribution in [0.1, 0.15) is 32.1 Å². The van der Waals surface area contributed by atoms with Crippen LogP contribution < -0.4 is 0 Å². The van der Waals surface area contributed by atoms with Gasteiger partial charge in [0.25, 0.3) is 0 Å². The predicted molar refractivity (Wildman–Crippen MR) is 47.9 cm³/mol. The van der Waals surface area contributed by atoms with Crippen molar-refractivity contribution >= 4 is 0 Å². The van der Waals surface area contributed by atoms with Gasteiger partial charge in [-0.15, -0.1) is 0 Å². The summed E-state index contributed by atoms with van der Waals surface area (Å²) in [6.07, 6.45) is 6.98. The molecule has 0 saturated carbocycles. The van der Waals surface area contributed by atoms with Crippen molar-refractivity contribution in [1.29, 1.82) is 0 Å². The Hall–Kier alpha value is -0.700. The van der Waals surface area contributed by atoms with Crippen LogP contribution in [0.5, 0.6) is 0 Å². The van der Waals surface area contributed by atoms with Gasteiger partial charge in [-0.3, -0.25) is 0 Å². The second-order valence-electron chi connectivity index (χ2n) is 3.64. The minimum absolute atomic E-state index is 0.303. The third kappa shape index (κ3) is 1.80. The Morgan fingerprint density at radius 2 is 2.31 bits per heavy atom. The summed E-state index contributed by atoms with van der Waals surface area (Å²) in [5.74, 6) is 0.618. The van der Waals surface area contributed by atoms with Gasteiger partial charge in [0.1, 0.15) is 12.0 Å². The highest BCUT2D eigenvalue weighted by Crippen LogP contribution is 2.39. The maximum Gasteiger partial charge on any atom is 0.210 e. The third-order valence-electron chi connectivity index (χ3n) is 2.64. The number of rotatable bonds is 1. The molecule has 0 bridgehead atoms. The zero-order valence-corrected chi connectivity index (χ0v) is 8.04. The Morgan fingerprint density at radius 1 is 1.38 bits per heavy atom. The largest absolute Gasteiger partial charge is 0.501 e. The summed E-state index contributed by atoms with van der Waals surface area (Å²) >= 11 is 0. The summed E-state index contributed by atoms with van der Waals surface area (Å²) in [7, 11) is 1.64. The van der Waals surface area contributed by atoms with Gasteiger partial charge in [0.05, 0.1) is 13.7 Å². The molecule has 1 unspecified atom stereocenters. The van der Waals surface area contributed by atoms with Crippen LogP contribution >= 0.6 is 0 Å². The lowest BCUT2D eigenvalue weighted by Crippen LogP contribution is -2.34. The Bertz CT molecular complexity index is 204. The number of methoxy groups -OCH3 is 1. The molecule has 2 aliphatic rings. The van der Waals surface area contributed by atoms with Gasteiger partial charge in [0.15, 0.2) is 0 Å². The Labute approximate surface area is 78.7 Å². The fourth-order valence-electron chi connectivity index (χ4n) is 1.97. The second-order valence-corrected chi connectivity index (χ2v) is 3.64. The van der Waals surface area contributed by atoms with Gasteiger partial charge in [-0.25, -0.2) is 0 Å². The van der Waals surface area contributed by atoms with E-state index in [4.69, 9.17) is 14.2 Å². The van der Waals surface area contributed by atoms with Crippen LogP contribution in [-0.2, 0) is 14.2 Å². The molecule has 3 heteroatoms. The first kappa shape index (κ1) is 8.88. The number of hydrogen-bond donors (Lipinski definition) is 0. The lowest BCUT2D eigenvalue weighted by atomic mass is 10.0. The molecule has 0 amide bonds. The zero-order valence-electron chi connectivity index (χ0n) is 8.04. The average molecular weight is 184 g/mol. The first-order chi connectivity index (χ1) is 6.35. The van der Waals surface area contributed by atoms with Crippen molar-refractivity contribution in [3.63, 3.8) is 0 Å². The number of hydrogen-bond acceptors (Lipinski definition) is 3. The molecule has 74 valence electrons. The summed E-state index contributed by atoms with van der Waals surface area (Å²) in [6, 6.07) is 0. The normalized spacial score (nSPS) is 36.5. The van der Waals surface area contributed by atoms with Crippen LogP contribution in [0.15, 0.2) is 12.0 Å². The molecule has 3 nitrogen and oxygen atoms in total. The van der Waals surface area contributed by atoms with Gasteiger partial charge in [-0.1, -0.05) is 0 Å². The van der Waals surface area contributed by atoms with Gasteiger partial charge >= 0.3 is 0 Å². The van der Waals surface area contributed by atoms with Crippen LogP contribution in [0.2, 0.25) is 0 Å². The quantitative estimate of drug-likeness (QED) is 0.584. The number of ether oxygens (including phenoxy) is 3. The van der Waals surface area contributed by atoms with Crippen molar-refractivity contribution in [2.24, 2.45) is 0 Å². The SMILES string of the molecule is COC=C1CCC2(CCCCO2)O1. The van der Waals surface area contributed by atoms with Crippen molar-refractivity contribution in [3.05, 3.63) is 12.0 Å². The average Bonchev–Trinajstić information content (AvgIpc) is 2.51. The van der Waals surface area contributed by atoms with Crippen LogP contribution in [0.4, 0.5) is 0 Å². The molecule has 0 aliphatic carbocycles. The highest BCUT2D eigenvalue weighted by molar-refractivity contribution is 4.99. The highest BCUT2D eigenvalue weighted by Gasteiger charge is 2.40. The van der Waals surface area contributed by atoms with E-state index in [1.54, 1.807) is 13.4 Å². The zero-order chi connectivity index (χ0) is 9.15. The molecule has 2 heterocycles. The summed E-state index contributed by atoms with van der Waals surface area (Å²) < 4.78 is 16.3. The molecule has 0 radical (unpaired) electrons. The van der Waals surface area contributed by atoms with E-state index in [9.17, 15) is 0 Å². The van der Waals surface area contributed by atoms with E-state index in [0.29, 0.717) is 0 Å². The lowest BCUT2D eigenvalue weighted by molar-refractivity contribution is -0.217. The minimum Gasteiger partial charge on any atom is -0.501 e. The minimum atomic E-state index is -0.303. The first-order valence-electron chi connectivity index (χ1n) is 4.89. The van der Waals surface area contributed by atoms with E-state index in [1.807, 2.05) is 0 Å². The molecular formula is C10H16O3. The van der Waals surface area contributed by atoms with Crippen molar-refractivity contribution in [3.8, 4) is 0 Å². The Kier molecular flexibility index (Phi) is 2.44. The molecule has 0 N–H and O–H groups in total. The van der Waals surface area contributed by atoms with Crippen molar-refractivity contribution in [2.45, 2.75) is 37.9 Å². The number of allylic oxidation sites excluding steroid dienone is 1. The fourth-order valence-corrected chi connectivity index (χ4v) is 1.97. The predicted octanol–water partition coefficient (Wildman–Crippen LogP) is 2.18. The summed E-state index contributed by atoms with van der Waals surface area (Å²) in [4.78, 5) is 0. The van der Waals surface area contributed by atoms with Crippen LogP contribution in [0, 0.1) is 0 Å². The topological polar surface area (TPSA) is 27.7 Å². The van der Waals surface area contributed by atoms with Gasteiger partial charge in [0, 0.05) is 19.3 Å². The van der Waals surface area contributed by atoms with E-state index in [-0.39, 0.29) is 5.79 Å². The van der Waals surface area contributed by atoms with E-state index < -0.39 is 0 Å². The van der Waals surface area contributed by atoms with Gasteiger partial charge in [-0.2, -0.15) is 0 Å². The Balaban J connectivity index is 1.98. The smallest absolute Gasteiger partial charge is 0.210 e. The Morgan fingerprint density at radius 3 is 3.00 bits per heavy atom. The standard InChI is InChI=1S/C10H16O3/c1-11-8-9-4-6-10(13-9)5-2-3-7-12-10/h8H,2-7H2,1H3. The summed E-state index contributed by atoms with van der Waals surface area (Å²) in [5.41, 5.74) is 0. The molecule has 0 aromatic rings. The maximum absolute atomic E-state index is 5.74. The van der Waals surface area contributed by atoms with Gasteiger partial charge < -0.3 is 14.2 Å². The van der Waals surface area contributed by atoms with E-state index in [2.05, 4.69) is 0 Å². The maximum atomic E-state index is 5.74. The molecule has 13 heavy (non-hydrogen) atoms. The highest BCUT2D eigenvalue weighted by atomic mass is 16.7. The summed E-state index contributed by atoms with van der Waals surface area (Å²) in [5, 5.41) is 0. The van der Waals surface area contributed by atoms with Gasteiger partial charge in [-0.05, 0) is 12.8 Å². The van der Waals surface area contributed by atoms with Crippen LogP contribution in [0.3, 0.4) is 0 Å². The molecule has 1 spiro atoms. The molecule has 0 aromatic heterocycles. The van der Waals surface area contributed by atoms with Crippen molar-refractivity contribution in [1.82, 2.24) is 0 Å². The molecule has 2 rings (SSSR count). The van der Waals surface area contributed by atoms with Crippen molar-refractivity contribution in [2.75, 3.05) is 13.7 Å². The second kappa shape index (κ2) is 3.58. The van der Waals surface area contributed by atoms with E-state index >= 15 is 0 Å². The van der Waals surface area contributed by atoms with Crippen LogP contribution in [0.25, 0.3) is 0 Å². The fraction of sp³-hybridized carbons (Fsp3) is 0.800. The molecule has 2 saturated heterocycles. The van der Waals surface area contributed by atoms with Crippen LogP contribution in [-0.4, -0.2) is 19.5 Å². The van der Waals surface area contributed by atoms with E-state index in [0.717, 1.165) is 38.0 Å². The third-order valence-corrected chi connectivity index (χ3v) is 2.64. The first-order valence-corrected chi connectivity index (χ1v) is 4.89. The molecule has 2 fully saturated rings. The summed E-state index contributed by atoms with van der Waals surface area (Å²) in [6.45, 7) is 0.834. The van der Waals surface area contributed by atoms with Gasteiger partial charge in [0.2, 0.25) is 5.79 Å². The molecule has 0 aromatic carbocycles. The molecule has 1 atom stereocenters. The monoisotopic (exact) mass is 184 g/mol.